The molecule has 0 saturated carbocycles. The molecule has 0 bridgehead atoms. The van der Waals surface area contributed by atoms with Crippen LogP contribution in [0, 0.1) is 0 Å². The van der Waals surface area contributed by atoms with Crippen LogP contribution in [0.1, 0.15) is 69.8 Å². The third kappa shape index (κ3) is 17.2. The Labute approximate surface area is 215 Å². The zero-order valence-electron chi connectivity index (χ0n) is 21.3. The van der Waals surface area contributed by atoms with Crippen LogP contribution in [0.5, 0.6) is 0 Å². The minimum atomic E-state index is -3.68. The molecule has 0 radical (unpaired) electrons. The molecule has 0 fully saturated rings. The smallest absolute Gasteiger partial charge is 0.463 e. The molecule has 0 heterocycles. The molecule has 0 saturated heterocycles. The summed E-state index contributed by atoms with van der Waals surface area (Å²) in [5, 5.41) is 0. The van der Waals surface area contributed by atoms with Gasteiger partial charge in [0.15, 0.2) is 0 Å². The Morgan fingerprint density at radius 3 is 1.50 bits per heavy atom. The molecule has 0 atom stereocenters. The Morgan fingerprint density at radius 1 is 0.639 bits per heavy atom. The summed E-state index contributed by atoms with van der Waals surface area (Å²) in [6.07, 6.45) is 10.9. The van der Waals surface area contributed by atoms with Crippen molar-refractivity contribution in [3.63, 3.8) is 0 Å². The molecule has 0 unspecified atom stereocenters. The molecule has 8 nitrogen and oxygen atoms in total. The molecule has 202 valence electrons. The molecule has 1 rings (SSSR count). The molecule has 0 aliphatic carbocycles. The van der Waals surface area contributed by atoms with Crippen molar-refractivity contribution in [2.24, 2.45) is 0 Å². The highest BCUT2D eigenvalue weighted by Gasteiger charge is 2.26. The lowest BCUT2D eigenvalue weighted by molar-refractivity contribution is -0.138. The summed E-state index contributed by atoms with van der Waals surface area (Å²) >= 11 is 0. The van der Waals surface area contributed by atoms with E-state index in [4.69, 9.17) is 23.0 Å². The van der Waals surface area contributed by atoms with Gasteiger partial charge in [0.05, 0.1) is 33.0 Å². The second kappa shape index (κ2) is 20.9. The van der Waals surface area contributed by atoms with Gasteiger partial charge in [-0.2, -0.15) is 0 Å². The first kappa shape index (κ1) is 31.8. The van der Waals surface area contributed by atoms with Gasteiger partial charge in [-0.25, -0.2) is 14.2 Å². The van der Waals surface area contributed by atoms with Gasteiger partial charge >= 0.3 is 19.8 Å². The number of phosphoric ester groups is 1. The van der Waals surface area contributed by atoms with E-state index >= 15 is 0 Å². The van der Waals surface area contributed by atoms with E-state index in [0.29, 0.717) is 13.2 Å². The van der Waals surface area contributed by atoms with Crippen molar-refractivity contribution in [2.75, 3.05) is 26.4 Å². The standard InChI is InChI=1S/C27H41O8P/c1-3-26(28)31-20-14-7-5-9-16-22-33-36(30,35-24-25-18-12-11-13-19-25)34-23-17-10-6-8-15-21-32-27(29)4-2/h3-4,11-13,18-19H,1-2,5-10,14-17,20-24H2. The maximum atomic E-state index is 13.1. The number of rotatable bonds is 23. The quantitative estimate of drug-likeness (QED) is 0.0675. The van der Waals surface area contributed by atoms with Crippen molar-refractivity contribution in [1.82, 2.24) is 0 Å². The molecule has 1 aromatic rings. The number of hydrogen-bond donors (Lipinski definition) is 0. The predicted octanol–water partition coefficient (Wildman–Crippen LogP) is 6.70. The van der Waals surface area contributed by atoms with Gasteiger partial charge in [0, 0.05) is 12.2 Å². The molecule has 0 amide bonds. The third-order valence-corrected chi connectivity index (χ3v) is 6.57. The maximum absolute atomic E-state index is 13.1. The van der Waals surface area contributed by atoms with Gasteiger partial charge in [-0.05, 0) is 31.2 Å². The van der Waals surface area contributed by atoms with E-state index < -0.39 is 19.8 Å². The fourth-order valence-corrected chi connectivity index (χ4v) is 4.36. The van der Waals surface area contributed by atoms with Crippen LogP contribution in [0.15, 0.2) is 55.6 Å². The fourth-order valence-electron chi connectivity index (χ4n) is 3.12. The summed E-state index contributed by atoms with van der Waals surface area (Å²) in [6.45, 7) is 8.20. The molecule has 0 aliphatic heterocycles. The molecular weight excluding hydrogens is 483 g/mol. The molecule has 0 spiro atoms. The van der Waals surface area contributed by atoms with Crippen LogP contribution < -0.4 is 0 Å². The lowest BCUT2D eigenvalue weighted by Crippen LogP contribution is -2.04. The summed E-state index contributed by atoms with van der Waals surface area (Å²) < 4.78 is 39.8. The highest BCUT2D eigenvalue weighted by molar-refractivity contribution is 7.48. The fraction of sp³-hybridized carbons (Fsp3) is 0.556. The number of benzene rings is 1. The van der Waals surface area contributed by atoms with Crippen LogP contribution in [0.3, 0.4) is 0 Å². The van der Waals surface area contributed by atoms with Crippen LogP contribution in [0.2, 0.25) is 0 Å². The third-order valence-electron chi connectivity index (χ3n) is 5.13. The summed E-state index contributed by atoms with van der Waals surface area (Å²) in [7, 11) is -3.68. The van der Waals surface area contributed by atoms with Crippen molar-refractivity contribution in [1.29, 1.82) is 0 Å². The van der Waals surface area contributed by atoms with Gasteiger partial charge in [0.25, 0.3) is 0 Å². The van der Waals surface area contributed by atoms with Crippen LogP contribution in [0.25, 0.3) is 0 Å². The van der Waals surface area contributed by atoms with E-state index in [1.54, 1.807) is 0 Å². The van der Waals surface area contributed by atoms with Gasteiger partial charge in [0.2, 0.25) is 0 Å². The normalized spacial score (nSPS) is 11.1. The SMILES string of the molecule is C=CC(=O)OCCCCCCCOP(=O)(OCCCCCCCOC(=O)C=C)OCc1ccccc1. The minimum absolute atomic E-state index is 0.144. The van der Waals surface area contributed by atoms with Gasteiger partial charge in [-0.1, -0.05) is 82.0 Å². The number of phosphoric acid groups is 1. The summed E-state index contributed by atoms with van der Waals surface area (Å²) in [6, 6.07) is 9.47. The largest absolute Gasteiger partial charge is 0.475 e. The second-order valence-electron chi connectivity index (χ2n) is 8.15. The maximum Gasteiger partial charge on any atom is 0.475 e. The number of carbonyl (C=O) groups excluding carboxylic acids is 2. The highest BCUT2D eigenvalue weighted by atomic mass is 31.2. The lowest BCUT2D eigenvalue weighted by Gasteiger charge is -2.18. The Hall–Kier alpha value is -2.25. The number of ether oxygens (including phenoxy) is 2. The number of hydrogen-bond acceptors (Lipinski definition) is 8. The van der Waals surface area contributed by atoms with Gasteiger partial charge in [0.1, 0.15) is 0 Å². The van der Waals surface area contributed by atoms with Gasteiger partial charge < -0.3 is 9.47 Å². The first-order chi connectivity index (χ1) is 17.5. The van der Waals surface area contributed by atoms with Crippen molar-refractivity contribution in [3.8, 4) is 0 Å². The average Bonchev–Trinajstić information content (AvgIpc) is 2.90. The lowest BCUT2D eigenvalue weighted by atomic mass is 10.1. The molecular formula is C27H41O8P. The summed E-state index contributed by atoms with van der Waals surface area (Å²) in [4.78, 5) is 22.0. The van der Waals surface area contributed by atoms with Crippen LogP contribution >= 0.6 is 7.82 Å². The van der Waals surface area contributed by atoms with Crippen molar-refractivity contribution >= 4 is 19.8 Å². The Bertz CT molecular complexity index is 754. The minimum Gasteiger partial charge on any atom is -0.463 e. The first-order valence-electron chi connectivity index (χ1n) is 12.6. The molecule has 0 aliphatic rings. The molecule has 1 aromatic carbocycles. The Balaban J connectivity index is 2.26. The van der Waals surface area contributed by atoms with Gasteiger partial charge in [-0.3, -0.25) is 13.6 Å². The van der Waals surface area contributed by atoms with Crippen molar-refractivity contribution < 1.29 is 37.2 Å². The Kier molecular flexibility index (Phi) is 18.4. The van der Waals surface area contributed by atoms with Crippen LogP contribution in [-0.2, 0) is 43.8 Å². The first-order valence-corrected chi connectivity index (χ1v) is 14.1. The number of esters is 2. The van der Waals surface area contributed by atoms with Crippen molar-refractivity contribution in [2.45, 2.75) is 70.8 Å². The van der Waals surface area contributed by atoms with Crippen LogP contribution in [0.4, 0.5) is 0 Å². The zero-order valence-corrected chi connectivity index (χ0v) is 22.2. The van der Waals surface area contributed by atoms with E-state index in [1.807, 2.05) is 30.3 Å². The van der Waals surface area contributed by atoms with Crippen molar-refractivity contribution in [3.05, 3.63) is 61.2 Å². The van der Waals surface area contributed by atoms with Crippen LogP contribution in [-0.4, -0.2) is 38.4 Å². The number of carbonyl (C=O) groups is 2. The monoisotopic (exact) mass is 524 g/mol. The highest BCUT2D eigenvalue weighted by Crippen LogP contribution is 2.50. The molecule has 9 heteroatoms. The summed E-state index contributed by atoms with van der Waals surface area (Å²) in [5.41, 5.74) is 0.888. The Morgan fingerprint density at radius 2 is 1.06 bits per heavy atom. The molecule has 0 aromatic heterocycles. The predicted molar refractivity (Wildman–Crippen MR) is 139 cm³/mol. The summed E-state index contributed by atoms with van der Waals surface area (Å²) in [5.74, 6) is -0.803. The van der Waals surface area contributed by atoms with E-state index in [0.717, 1.165) is 81.9 Å². The zero-order chi connectivity index (χ0) is 26.3. The topological polar surface area (TPSA) is 97.4 Å². The van der Waals surface area contributed by atoms with Gasteiger partial charge in [-0.15, -0.1) is 0 Å². The average molecular weight is 525 g/mol. The van der Waals surface area contributed by atoms with E-state index in [9.17, 15) is 14.2 Å². The van der Waals surface area contributed by atoms with E-state index in [1.165, 1.54) is 0 Å². The van der Waals surface area contributed by atoms with E-state index in [2.05, 4.69) is 13.2 Å². The van der Waals surface area contributed by atoms with E-state index in [-0.39, 0.29) is 19.8 Å². The second-order valence-corrected chi connectivity index (χ2v) is 9.82. The molecule has 0 N–H and O–H groups in total. The molecule has 36 heavy (non-hydrogen) atoms. The number of unbranched alkanes of at least 4 members (excludes halogenated alkanes) is 8.